The van der Waals surface area contributed by atoms with Gasteiger partial charge in [-0.3, -0.25) is 0 Å². The first-order valence-corrected chi connectivity index (χ1v) is 5.33. The van der Waals surface area contributed by atoms with E-state index in [9.17, 15) is 0 Å². The molecule has 14 heavy (non-hydrogen) atoms. The summed E-state index contributed by atoms with van der Waals surface area (Å²) in [6.45, 7) is 2.16. The van der Waals surface area contributed by atoms with Crippen LogP contribution in [-0.2, 0) is 0 Å². The van der Waals surface area contributed by atoms with E-state index in [2.05, 4.69) is 43.3 Å². The molecule has 0 radical (unpaired) electrons. The number of benzene rings is 2. The van der Waals surface area contributed by atoms with E-state index >= 15 is 0 Å². The van der Waals surface area contributed by atoms with Crippen LogP contribution in [0.4, 0.5) is 0 Å². The fourth-order valence-corrected chi connectivity index (χ4v) is 2.06. The van der Waals surface area contributed by atoms with Gasteiger partial charge in [0.2, 0.25) is 0 Å². The van der Waals surface area contributed by atoms with Crippen molar-refractivity contribution in [3.05, 3.63) is 47.5 Å². The zero-order valence-electron chi connectivity index (χ0n) is 8.46. The van der Waals surface area contributed by atoms with Crippen LogP contribution in [-0.4, -0.2) is 0 Å². The predicted molar refractivity (Wildman–Crippen MR) is 60.7 cm³/mol. The van der Waals surface area contributed by atoms with E-state index in [1.54, 1.807) is 0 Å². The Labute approximate surface area is 84.6 Å². The number of aryl methyl sites for hydroxylation is 1. The Morgan fingerprint density at radius 2 is 1.71 bits per heavy atom. The molecule has 0 unspecified atom stereocenters. The zero-order chi connectivity index (χ0) is 9.54. The van der Waals surface area contributed by atoms with Crippen LogP contribution >= 0.6 is 0 Å². The Morgan fingerprint density at radius 3 is 2.50 bits per heavy atom. The smallest absolute Gasteiger partial charge is 0.0161 e. The Kier molecular flexibility index (Phi) is 1.63. The van der Waals surface area contributed by atoms with Gasteiger partial charge in [-0.05, 0) is 42.0 Å². The summed E-state index contributed by atoms with van der Waals surface area (Å²) in [5.74, 6) is 0.861. The molecule has 1 saturated carbocycles. The van der Waals surface area contributed by atoms with E-state index in [-0.39, 0.29) is 0 Å². The Balaban J connectivity index is 2.20. The summed E-state index contributed by atoms with van der Waals surface area (Å²) in [6.07, 6.45) is 2.77. The first kappa shape index (κ1) is 8.05. The number of hydrogen-bond acceptors (Lipinski definition) is 0. The summed E-state index contributed by atoms with van der Waals surface area (Å²) in [7, 11) is 0. The van der Waals surface area contributed by atoms with Crippen LogP contribution in [0.1, 0.15) is 29.9 Å². The minimum Gasteiger partial charge on any atom is -0.0587 e. The minimum absolute atomic E-state index is 0.861. The fourth-order valence-electron chi connectivity index (χ4n) is 2.06. The summed E-state index contributed by atoms with van der Waals surface area (Å²) < 4.78 is 0. The molecule has 0 N–H and O–H groups in total. The molecule has 0 heterocycles. The normalized spacial score (nSPS) is 16.1. The first-order valence-electron chi connectivity index (χ1n) is 5.33. The van der Waals surface area contributed by atoms with Gasteiger partial charge in [0, 0.05) is 0 Å². The SMILES string of the molecule is Cc1ccc2ccc(C3CC3)cc2c1. The molecule has 2 aromatic carbocycles. The standard InChI is InChI=1S/C14H14/c1-10-2-3-12-6-7-13(11-4-5-11)9-14(12)8-10/h2-3,6-9,11H,4-5H2,1H3. The predicted octanol–water partition coefficient (Wildman–Crippen LogP) is 4.03. The molecule has 0 saturated heterocycles. The molecule has 1 aliphatic carbocycles. The topological polar surface area (TPSA) is 0 Å². The molecule has 0 aliphatic heterocycles. The molecule has 3 rings (SSSR count). The minimum atomic E-state index is 0.861. The number of hydrogen-bond donors (Lipinski definition) is 0. The molecule has 2 aromatic rings. The van der Waals surface area contributed by atoms with Gasteiger partial charge in [-0.15, -0.1) is 0 Å². The maximum Gasteiger partial charge on any atom is -0.0161 e. The number of rotatable bonds is 1. The summed E-state index contributed by atoms with van der Waals surface area (Å²) in [5.41, 5.74) is 2.88. The second-order valence-electron chi connectivity index (χ2n) is 4.38. The first-order chi connectivity index (χ1) is 6.83. The van der Waals surface area contributed by atoms with Crippen LogP contribution in [0.25, 0.3) is 10.8 Å². The lowest BCUT2D eigenvalue weighted by atomic mass is 10.0. The average Bonchev–Trinajstić information content (AvgIpc) is 3.00. The van der Waals surface area contributed by atoms with Crippen molar-refractivity contribution in [2.24, 2.45) is 0 Å². The van der Waals surface area contributed by atoms with Crippen molar-refractivity contribution in [3.8, 4) is 0 Å². The number of fused-ring (bicyclic) bond motifs is 1. The summed E-state index contributed by atoms with van der Waals surface area (Å²) >= 11 is 0. The maximum absolute atomic E-state index is 2.36. The maximum atomic E-state index is 2.36. The van der Waals surface area contributed by atoms with Crippen LogP contribution in [0.15, 0.2) is 36.4 Å². The van der Waals surface area contributed by atoms with Gasteiger partial charge in [0.05, 0.1) is 0 Å². The summed E-state index contributed by atoms with van der Waals surface area (Å²) in [5, 5.41) is 2.76. The molecule has 1 aliphatic rings. The lowest BCUT2D eigenvalue weighted by Gasteiger charge is -2.02. The highest BCUT2D eigenvalue weighted by atomic mass is 14.3. The molecule has 1 fully saturated rings. The highest BCUT2D eigenvalue weighted by molar-refractivity contribution is 5.84. The third kappa shape index (κ3) is 1.31. The third-order valence-electron chi connectivity index (χ3n) is 3.07. The van der Waals surface area contributed by atoms with E-state index in [0.29, 0.717) is 0 Å². The van der Waals surface area contributed by atoms with E-state index < -0.39 is 0 Å². The van der Waals surface area contributed by atoms with Gasteiger partial charge in [0.25, 0.3) is 0 Å². The van der Waals surface area contributed by atoms with Crippen LogP contribution in [0.5, 0.6) is 0 Å². The Hall–Kier alpha value is -1.30. The molecule has 70 valence electrons. The summed E-state index contributed by atoms with van der Waals surface area (Å²) in [4.78, 5) is 0. The van der Waals surface area contributed by atoms with Gasteiger partial charge in [-0.25, -0.2) is 0 Å². The monoisotopic (exact) mass is 182 g/mol. The largest absolute Gasteiger partial charge is 0.0587 e. The molecule has 0 atom stereocenters. The van der Waals surface area contributed by atoms with E-state index in [1.807, 2.05) is 0 Å². The zero-order valence-corrected chi connectivity index (χ0v) is 8.46. The lowest BCUT2D eigenvalue weighted by Crippen LogP contribution is -1.80. The third-order valence-corrected chi connectivity index (χ3v) is 3.07. The summed E-state index contributed by atoms with van der Waals surface area (Å²) in [6, 6.07) is 13.6. The second kappa shape index (κ2) is 2.84. The highest BCUT2D eigenvalue weighted by Gasteiger charge is 2.23. The molecular weight excluding hydrogens is 168 g/mol. The van der Waals surface area contributed by atoms with Gasteiger partial charge in [0.15, 0.2) is 0 Å². The van der Waals surface area contributed by atoms with Gasteiger partial charge in [-0.1, -0.05) is 42.0 Å². The van der Waals surface area contributed by atoms with Crippen molar-refractivity contribution in [3.63, 3.8) is 0 Å². The van der Waals surface area contributed by atoms with Crippen molar-refractivity contribution < 1.29 is 0 Å². The quantitative estimate of drug-likeness (QED) is 0.624. The van der Waals surface area contributed by atoms with E-state index in [1.165, 1.54) is 34.7 Å². The molecule has 0 heteroatoms. The van der Waals surface area contributed by atoms with Crippen molar-refractivity contribution >= 4 is 10.8 Å². The van der Waals surface area contributed by atoms with Gasteiger partial charge >= 0.3 is 0 Å². The molecule has 0 nitrogen and oxygen atoms in total. The fraction of sp³-hybridized carbons (Fsp3) is 0.286. The Bertz CT molecular complexity index is 478. The van der Waals surface area contributed by atoms with Crippen molar-refractivity contribution in [1.82, 2.24) is 0 Å². The Morgan fingerprint density at radius 1 is 0.929 bits per heavy atom. The van der Waals surface area contributed by atoms with E-state index in [4.69, 9.17) is 0 Å². The van der Waals surface area contributed by atoms with Crippen LogP contribution in [0.2, 0.25) is 0 Å². The van der Waals surface area contributed by atoms with Crippen LogP contribution < -0.4 is 0 Å². The van der Waals surface area contributed by atoms with Crippen molar-refractivity contribution in [2.45, 2.75) is 25.7 Å². The molecule has 0 aromatic heterocycles. The van der Waals surface area contributed by atoms with Crippen LogP contribution in [0, 0.1) is 6.92 Å². The van der Waals surface area contributed by atoms with E-state index in [0.717, 1.165) is 5.92 Å². The molecular formula is C14H14. The second-order valence-corrected chi connectivity index (χ2v) is 4.38. The molecule has 0 amide bonds. The van der Waals surface area contributed by atoms with Crippen molar-refractivity contribution in [2.75, 3.05) is 0 Å². The van der Waals surface area contributed by atoms with Gasteiger partial charge in [-0.2, -0.15) is 0 Å². The lowest BCUT2D eigenvalue weighted by molar-refractivity contribution is 1.14. The average molecular weight is 182 g/mol. The molecule has 0 spiro atoms. The highest BCUT2D eigenvalue weighted by Crippen LogP contribution is 2.40. The van der Waals surface area contributed by atoms with Crippen LogP contribution in [0.3, 0.4) is 0 Å². The van der Waals surface area contributed by atoms with Crippen molar-refractivity contribution in [1.29, 1.82) is 0 Å². The molecule has 0 bridgehead atoms. The van der Waals surface area contributed by atoms with Gasteiger partial charge in [0.1, 0.15) is 0 Å². The van der Waals surface area contributed by atoms with Gasteiger partial charge < -0.3 is 0 Å².